The van der Waals surface area contributed by atoms with Gasteiger partial charge in [-0.2, -0.15) is 0 Å². The molecule has 2 aliphatic rings. The highest BCUT2D eigenvalue weighted by Gasteiger charge is 2.31. The number of amides is 2. The number of rotatable bonds is 10. The van der Waals surface area contributed by atoms with Crippen LogP contribution in [0.1, 0.15) is 64.5 Å². The number of carbonyl (C=O) groups excluding carboxylic acids is 2. The molecule has 1 N–H and O–H groups in total. The summed E-state index contributed by atoms with van der Waals surface area (Å²) in [7, 11) is -3.79. The maximum Gasteiger partial charge on any atom is 0.257 e. The Bertz CT molecular complexity index is 1670. The molecule has 2 amide bonds. The molecule has 1 saturated carbocycles. The fourth-order valence-corrected chi connectivity index (χ4v) is 6.37. The van der Waals surface area contributed by atoms with Crippen LogP contribution in [-0.4, -0.2) is 78.5 Å². The number of nitrogens with zero attached hydrogens (tertiary/aromatic N) is 4. The summed E-state index contributed by atoms with van der Waals surface area (Å²) in [5.41, 5.74) is 3.41. The van der Waals surface area contributed by atoms with E-state index in [1.807, 2.05) is 32.2 Å². The Morgan fingerprint density at radius 2 is 1.91 bits per heavy atom. The third-order valence-electron chi connectivity index (χ3n) is 8.23. The van der Waals surface area contributed by atoms with E-state index < -0.39 is 21.8 Å². The first-order valence-corrected chi connectivity index (χ1v) is 16.7. The molecule has 1 aromatic carbocycles. The number of pyridine rings is 2. The van der Waals surface area contributed by atoms with Gasteiger partial charge in [0.1, 0.15) is 16.5 Å². The van der Waals surface area contributed by atoms with Crippen molar-refractivity contribution in [3.63, 3.8) is 0 Å². The Morgan fingerprint density at radius 1 is 1.14 bits per heavy atom. The van der Waals surface area contributed by atoms with Crippen molar-refractivity contribution in [2.75, 3.05) is 37.8 Å². The monoisotopic (exact) mass is 617 g/mol. The largest absolute Gasteiger partial charge is 0.481 e. The number of aromatic nitrogens is 2. The van der Waals surface area contributed by atoms with Gasteiger partial charge in [0.15, 0.2) is 15.9 Å². The minimum atomic E-state index is -3.79. The van der Waals surface area contributed by atoms with Crippen LogP contribution in [0.15, 0.2) is 66.3 Å². The van der Waals surface area contributed by atoms with Crippen molar-refractivity contribution in [3.05, 3.63) is 89.4 Å². The van der Waals surface area contributed by atoms with Crippen molar-refractivity contribution in [3.8, 4) is 5.75 Å². The van der Waals surface area contributed by atoms with Crippen LogP contribution in [0.5, 0.6) is 5.75 Å². The topological polar surface area (TPSA) is 122 Å². The lowest BCUT2D eigenvalue weighted by Crippen LogP contribution is -2.54. The molecule has 3 heterocycles. The predicted octanol–water partition coefficient (Wildman–Crippen LogP) is 4.47. The smallest absolute Gasteiger partial charge is 0.257 e. The first kappa shape index (κ1) is 31.3. The molecule has 3 aromatic rings. The number of carbonyl (C=O) groups is 2. The molecule has 0 unspecified atom stereocenters. The number of nitrogens with one attached hydrogen (secondary N) is 1. The minimum Gasteiger partial charge on any atom is -0.481 e. The lowest BCUT2D eigenvalue weighted by molar-refractivity contribution is -0.130. The van der Waals surface area contributed by atoms with Gasteiger partial charge < -0.3 is 15.0 Å². The summed E-state index contributed by atoms with van der Waals surface area (Å²) in [6.07, 6.45) is 7.60. The van der Waals surface area contributed by atoms with Crippen LogP contribution < -0.4 is 10.1 Å². The molecule has 1 saturated heterocycles. The molecule has 1 aliphatic heterocycles. The van der Waals surface area contributed by atoms with E-state index in [9.17, 15) is 18.0 Å². The number of sulfone groups is 1. The number of hydrogen-bond acceptors (Lipinski definition) is 8. The number of ether oxygens (including phenoxy) is 1. The fourth-order valence-electron chi connectivity index (χ4n) is 5.57. The highest BCUT2D eigenvalue weighted by atomic mass is 32.2. The Balaban J connectivity index is 1.45. The molecule has 0 bridgehead atoms. The third kappa shape index (κ3) is 7.16. The van der Waals surface area contributed by atoms with E-state index in [1.165, 1.54) is 17.7 Å². The van der Waals surface area contributed by atoms with Gasteiger partial charge in [0, 0.05) is 56.4 Å². The van der Waals surface area contributed by atoms with Gasteiger partial charge in [-0.15, -0.1) is 0 Å². The van der Waals surface area contributed by atoms with Gasteiger partial charge in [0.2, 0.25) is 5.91 Å². The Labute approximate surface area is 259 Å². The normalized spacial score (nSPS) is 18.0. The molecule has 2 fully saturated rings. The second kappa shape index (κ2) is 12.9. The summed E-state index contributed by atoms with van der Waals surface area (Å²) in [6, 6.07) is 10.6. The molecule has 11 heteroatoms. The summed E-state index contributed by atoms with van der Waals surface area (Å²) in [6.45, 7) is 11.4. The Kier molecular flexibility index (Phi) is 9.17. The van der Waals surface area contributed by atoms with Crippen molar-refractivity contribution in [2.45, 2.75) is 56.6 Å². The number of hydrogen-bond donors (Lipinski definition) is 1. The summed E-state index contributed by atoms with van der Waals surface area (Å²) in [5.74, 6) is 0.541. The zero-order valence-electron chi connectivity index (χ0n) is 25.6. The zero-order chi connectivity index (χ0) is 31.6. The quantitative estimate of drug-likeness (QED) is 0.331. The van der Waals surface area contributed by atoms with E-state index in [4.69, 9.17) is 9.72 Å². The molecular formula is C33H39N5O5S. The molecule has 0 spiro atoms. The van der Waals surface area contributed by atoms with Crippen molar-refractivity contribution in [1.82, 2.24) is 19.8 Å². The minimum absolute atomic E-state index is 0.0329. The number of aryl methyl sites for hydroxylation is 2. The average Bonchev–Trinajstić information content (AvgIpc) is 3.83. The van der Waals surface area contributed by atoms with Crippen molar-refractivity contribution >= 4 is 27.5 Å². The van der Waals surface area contributed by atoms with Gasteiger partial charge in [0.25, 0.3) is 5.91 Å². The van der Waals surface area contributed by atoms with Crippen molar-refractivity contribution in [1.29, 1.82) is 0 Å². The highest BCUT2D eigenvalue weighted by Crippen LogP contribution is 2.40. The molecule has 5 rings (SSSR count). The number of piperazine rings is 1. The molecule has 2 atom stereocenters. The van der Waals surface area contributed by atoms with Gasteiger partial charge in [-0.1, -0.05) is 18.7 Å². The summed E-state index contributed by atoms with van der Waals surface area (Å²) >= 11 is 0. The summed E-state index contributed by atoms with van der Waals surface area (Å²) in [5, 5.41) is 2.79. The maximum absolute atomic E-state index is 13.3. The number of anilines is 1. The van der Waals surface area contributed by atoms with Gasteiger partial charge in [0.05, 0.1) is 5.69 Å². The molecule has 232 valence electrons. The van der Waals surface area contributed by atoms with E-state index >= 15 is 0 Å². The Morgan fingerprint density at radius 3 is 2.52 bits per heavy atom. The van der Waals surface area contributed by atoms with Crippen LogP contribution in [0.3, 0.4) is 0 Å². The zero-order valence-corrected chi connectivity index (χ0v) is 26.4. The van der Waals surface area contributed by atoms with Gasteiger partial charge in [-0.25, -0.2) is 13.4 Å². The van der Waals surface area contributed by atoms with Gasteiger partial charge >= 0.3 is 0 Å². The third-order valence-corrected chi connectivity index (χ3v) is 9.34. The van der Waals surface area contributed by atoms with Crippen LogP contribution in [-0.2, 0) is 14.6 Å². The van der Waals surface area contributed by atoms with Gasteiger partial charge in [-0.3, -0.25) is 19.5 Å². The predicted molar refractivity (Wildman–Crippen MR) is 169 cm³/mol. The first-order chi connectivity index (χ1) is 20.9. The van der Waals surface area contributed by atoms with E-state index in [0.29, 0.717) is 49.2 Å². The standard InChI is InChI=1S/C33H39N5O5S/c1-6-31(39)38-15-14-37(19-23(38)4)20-29(27-12-11-25(18-35-27)24-9-10-24)43-28-16-22(3)26(17-30(28)44(5,41)42)33(40)36-32-21(2)8-7-13-34-32/h6-8,11-13,16-18,23-24,29H,1,9-10,14-15,19-20H2,2-5H3,(H,34,36,40)/t23-,29-/m1/s1. The van der Waals surface area contributed by atoms with Crippen LogP contribution in [0.4, 0.5) is 5.82 Å². The molecule has 44 heavy (non-hydrogen) atoms. The van der Waals surface area contributed by atoms with Crippen molar-refractivity contribution < 1.29 is 22.7 Å². The van der Waals surface area contributed by atoms with Crippen LogP contribution in [0.2, 0.25) is 0 Å². The highest BCUT2D eigenvalue weighted by molar-refractivity contribution is 7.90. The lowest BCUT2D eigenvalue weighted by atomic mass is 10.1. The average molecular weight is 618 g/mol. The SMILES string of the molecule is C=CC(=O)N1CCN(C[C@@H](Oc2cc(C)c(C(=O)Nc3ncccc3C)cc2S(C)(=O)=O)c2ccc(C3CC3)cn2)C[C@H]1C. The Hall–Kier alpha value is -4.09. The summed E-state index contributed by atoms with van der Waals surface area (Å²) in [4.78, 5) is 38.4. The summed E-state index contributed by atoms with van der Waals surface area (Å²) < 4.78 is 32.7. The van der Waals surface area contributed by atoms with Gasteiger partial charge in [-0.05, 0) is 86.6 Å². The van der Waals surface area contributed by atoms with E-state index in [0.717, 1.165) is 24.7 Å². The van der Waals surface area contributed by atoms with Crippen LogP contribution in [0, 0.1) is 13.8 Å². The molecule has 0 radical (unpaired) electrons. The van der Waals surface area contributed by atoms with Crippen LogP contribution in [0.25, 0.3) is 0 Å². The van der Waals surface area contributed by atoms with Crippen LogP contribution >= 0.6 is 0 Å². The van der Waals surface area contributed by atoms with E-state index in [-0.39, 0.29) is 28.2 Å². The lowest BCUT2D eigenvalue weighted by Gasteiger charge is -2.40. The van der Waals surface area contributed by atoms with E-state index in [1.54, 1.807) is 30.2 Å². The first-order valence-electron chi connectivity index (χ1n) is 14.8. The molecule has 2 aromatic heterocycles. The second-order valence-corrected chi connectivity index (χ2v) is 13.7. The molecule has 10 nitrogen and oxygen atoms in total. The molecule has 1 aliphatic carbocycles. The second-order valence-electron chi connectivity index (χ2n) is 11.8. The van der Waals surface area contributed by atoms with Crippen molar-refractivity contribution in [2.24, 2.45) is 0 Å². The fraction of sp³-hybridized carbons (Fsp3) is 0.394. The van der Waals surface area contributed by atoms with E-state index in [2.05, 4.69) is 27.8 Å². The number of benzene rings is 1. The molecular weight excluding hydrogens is 578 g/mol. The maximum atomic E-state index is 13.3.